The summed E-state index contributed by atoms with van der Waals surface area (Å²) in [4.78, 5) is 0. The number of hydrogen-bond donors (Lipinski definition) is 0. The van der Waals surface area contributed by atoms with Crippen LogP contribution in [0.2, 0.25) is 0 Å². The molecule has 0 amide bonds. The quantitative estimate of drug-likeness (QED) is 0.691. The third-order valence-electron chi connectivity index (χ3n) is 5.67. The van der Waals surface area contributed by atoms with E-state index < -0.39 is 0 Å². The number of benzene rings is 1. The van der Waals surface area contributed by atoms with Gasteiger partial charge in [-0.15, -0.1) is 0 Å². The van der Waals surface area contributed by atoms with Crippen LogP contribution in [0, 0.1) is 11.1 Å². The smallest absolute Gasteiger partial charge is 0.0261 e. The standard InChI is InChI=1S/C19H28NO/c1-14(2)18-17-10-6-5-9-16(17)15(3)13-19(20(18)21)11-7-4-8-12-19/h5-6,9-10,14-15,18H,4,7-8,11-13H2,1-3H3/q-1/t15-,18?/m1/s1. The Hall–Kier alpha value is -0.860. The summed E-state index contributed by atoms with van der Waals surface area (Å²) in [5.74, 6) is 0.840. The minimum Gasteiger partial charge on any atom is -0.784 e. The lowest BCUT2D eigenvalue weighted by molar-refractivity contribution is 0.0340. The second kappa shape index (κ2) is 5.73. The lowest BCUT2D eigenvalue weighted by atomic mass is 9.75. The maximum atomic E-state index is 13.4. The van der Waals surface area contributed by atoms with Gasteiger partial charge in [-0.1, -0.05) is 64.3 Å². The van der Waals surface area contributed by atoms with Gasteiger partial charge in [0.05, 0.1) is 0 Å². The fourth-order valence-corrected chi connectivity index (χ4v) is 4.68. The topological polar surface area (TPSA) is 26.3 Å². The van der Waals surface area contributed by atoms with Crippen molar-refractivity contribution in [2.45, 2.75) is 76.8 Å². The van der Waals surface area contributed by atoms with Crippen molar-refractivity contribution in [3.63, 3.8) is 0 Å². The molecular formula is C19H28NO-. The van der Waals surface area contributed by atoms with Crippen LogP contribution >= 0.6 is 0 Å². The van der Waals surface area contributed by atoms with Crippen LogP contribution in [0.5, 0.6) is 0 Å². The molecule has 1 heterocycles. The second-order valence-electron chi connectivity index (χ2n) is 7.53. The van der Waals surface area contributed by atoms with E-state index in [2.05, 4.69) is 45.0 Å². The highest BCUT2D eigenvalue weighted by molar-refractivity contribution is 5.36. The van der Waals surface area contributed by atoms with Crippen LogP contribution < -0.4 is 0 Å². The first-order valence-corrected chi connectivity index (χ1v) is 8.60. The molecule has 1 aromatic carbocycles. The van der Waals surface area contributed by atoms with E-state index in [0.29, 0.717) is 11.8 Å². The van der Waals surface area contributed by atoms with E-state index in [-0.39, 0.29) is 11.6 Å². The molecule has 1 saturated carbocycles. The van der Waals surface area contributed by atoms with Crippen LogP contribution in [0.15, 0.2) is 24.3 Å². The fraction of sp³-hybridized carbons (Fsp3) is 0.684. The van der Waals surface area contributed by atoms with E-state index in [1.807, 2.05) is 0 Å². The van der Waals surface area contributed by atoms with Crippen molar-refractivity contribution < 1.29 is 0 Å². The van der Waals surface area contributed by atoms with Gasteiger partial charge >= 0.3 is 0 Å². The Bertz CT molecular complexity index is 490. The van der Waals surface area contributed by atoms with Crippen molar-refractivity contribution in [2.24, 2.45) is 5.92 Å². The molecule has 0 N–H and O–H groups in total. The zero-order valence-electron chi connectivity index (χ0n) is 13.6. The fourth-order valence-electron chi connectivity index (χ4n) is 4.68. The summed E-state index contributed by atoms with van der Waals surface area (Å²) in [5.41, 5.74) is 2.56. The van der Waals surface area contributed by atoms with Crippen molar-refractivity contribution in [3.05, 3.63) is 40.6 Å². The molecule has 0 saturated heterocycles. The van der Waals surface area contributed by atoms with Gasteiger partial charge in [0.2, 0.25) is 0 Å². The molecule has 0 aromatic heterocycles. The number of fused-ring (bicyclic) bond motifs is 1. The van der Waals surface area contributed by atoms with Gasteiger partial charge < -0.3 is 10.3 Å². The van der Waals surface area contributed by atoms with E-state index in [0.717, 1.165) is 19.3 Å². The maximum Gasteiger partial charge on any atom is 0.0261 e. The molecule has 116 valence electrons. The summed E-state index contributed by atoms with van der Waals surface area (Å²) in [6.45, 7) is 6.70. The molecule has 0 radical (unpaired) electrons. The van der Waals surface area contributed by atoms with Crippen molar-refractivity contribution in [1.82, 2.24) is 5.06 Å². The third kappa shape index (κ3) is 2.53. The number of hydrogen-bond acceptors (Lipinski definition) is 2. The van der Waals surface area contributed by atoms with Gasteiger partial charge in [0.15, 0.2) is 0 Å². The molecule has 1 fully saturated rings. The van der Waals surface area contributed by atoms with Gasteiger partial charge in [-0.2, -0.15) is 0 Å². The number of hydroxylamine groups is 2. The lowest BCUT2D eigenvalue weighted by Gasteiger charge is -2.55. The van der Waals surface area contributed by atoms with Gasteiger partial charge in [0.1, 0.15) is 0 Å². The van der Waals surface area contributed by atoms with E-state index in [4.69, 9.17) is 0 Å². The number of rotatable bonds is 1. The van der Waals surface area contributed by atoms with Crippen LogP contribution in [0.4, 0.5) is 0 Å². The SMILES string of the molecule is CC(C)C1c2ccccc2[C@H](C)CC2(CCCCC2)N1[O-]. The Kier molecular flexibility index (Phi) is 4.11. The number of nitrogens with zero attached hydrogens (tertiary/aromatic N) is 1. The summed E-state index contributed by atoms with van der Waals surface area (Å²) < 4.78 is 0. The molecule has 1 aliphatic heterocycles. The van der Waals surface area contributed by atoms with Crippen molar-refractivity contribution >= 4 is 0 Å². The Morgan fingerprint density at radius 1 is 1.10 bits per heavy atom. The van der Waals surface area contributed by atoms with Crippen LogP contribution in [0.25, 0.3) is 0 Å². The molecule has 2 heteroatoms. The Labute approximate surface area is 129 Å². The minimum atomic E-state index is -0.119. The molecule has 21 heavy (non-hydrogen) atoms. The monoisotopic (exact) mass is 286 g/mol. The van der Waals surface area contributed by atoms with Gasteiger partial charge in [0, 0.05) is 11.6 Å². The largest absolute Gasteiger partial charge is 0.784 e. The molecule has 2 aliphatic rings. The van der Waals surface area contributed by atoms with Gasteiger partial charge in [-0.3, -0.25) is 0 Å². The van der Waals surface area contributed by atoms with E-state index in [9.17, 15) is 5.21 Å². The normalized spacial score (nSPS) is 29.4. The maximum absolute atomic E-state index is 13.4. The zero-order chi connectivity index (χ0) is 15.0. The lowest BCUT2D eigenvalue weighted by Crippen LogP contribution is -2.49. The predicted molar refractivity (Wildman–Crippen MR) is 88.1 cm³/mol. The van der Waals surface area contributed by atoms with Gasteiger partial charge in [-0.05, 0) is 42.2 Å². The Morgan fingerprint density at radius 2 is 1.71 bits per heavy atom. The molecular weight excluding hydrogens is 258 g/mol. The predicted octanol–water partition coefficient (Wildman–Crippen LogP) is 5.39. The van der Waals surface area contributed by atoms with E-state index in [1.165, 1.54) is 35.5 Å². The first kappa shape index (κ1) is 15.1. The van der Waals surface area contributed by atoms with Gasteiger partial charge in [0.25, 0.3) is 0 Å². The van der Waals surface area contributed by atoms with Crippen LogP contribution in [0.1, 0.15) is 82.4 Å². The molecule has 1 unspecified atom stereocenters. The third-order valence-corrected chi connectivity index (χ3v) is 5.67. The molecule has 1 aromatic rings. The van der Waals surface area contributed by atoms with E-state index in [1.54, 1.807) is 0 Å². The molecule has 0 bridgehead atoms. The second-order valence-corrected chi connectivity index (χ2v) is 7.53. The Balaban J connectivity index is 2.08. The summed E-state index contributed by atoms with van der Waals surface area (Å²) in [5, 5.41) is 14.9. The summed E-state index contributed by atoms with van der Waals surface area (Å²) in [6.07, 6.45) is 6.91. The van der Waals surface area contributed by atoms with Crippen molar-refractivity contribution in [1.29, 1.82) is 0 Å². The first-order chi connectivity index (χ1) is 10.1. The highest BCUT2D eigenvalue weighted by Crippen LogP contribution is 2.50. The summed E-state index contributed by atoms with van der Waals surface area (Å²) >= 11 is 0. The molecule has 1 aliphatic carbocycles. The molecule has 2 nitrogen and oxygen atoms in total. The van der Waals surface area contributed by atoms with Crippen molar-refractivity contribution in [2.75, 3.05) is 0 Å². The minimum absolute atomic E-state index is 0.0178. The zero-order valence-corrected chi connectivity index (χ0v) is 13.6. The first-order valence-electron chi connectivity index (χ1n) is 8.60. The molecule has 1 spiro atoms. The van der Waals surface area contributed by atoms with E-state index >= 15 is 0 Å². The van der Waals surface area contributed by atoms with Crippen LogP contribution in [-0.2, 0) is 0 Å². The average Bonchev–Trinajstić information content (AvgIpc) is 2.55. The van der Waals surface area contributed by atoms with Crippen LogP contribution in [0.3, 0.4) is 0 Å². The van der Waals surface area contributed by atoms with Gasteiger partial charge in [-0.25, -0.2) is 0 Å². The Morgan fingerprint density at radius 3 is 2.33 bits per heavy atom. The van der Waals surface area contributed by atoms with Crippen molar-refractivity contribution in [3.8, 4) is 0 Å². The molecule has 3 rings (SSSR count). The highest BCUT2D eigenvalue weighted by Gasteiger charge is 2.41. The molecule has 2 atom stereocenters. The summed E-state index contributed by atoms with van der Waals surface area (Å²) in [6, 6.07) is 8.66. The average molecular weight is 286 g/mol. The summed E-state index contributed by atoms with van der Waals surface area (Å²) in [7, 11) is 0. The van der Waals surface area contributed by atoms with Crippen LogP contribution in [-0.4, -0.2) is 10.6 Å². The highest BCUT2D eigenvalue weighted by atomic mass is 16.5.